The predicted octanol–water partition coefficient (Wildman–Crippen LogP) is 5.43. The molecule has 0 aliphatic heterocycles. The number of alkyl halides is 3. The van der Waals surface area contributed by atoms with Crippen LogP contribution in [-0.2, 0) is 12.0 Å². The minimum absolute atomic E-state index is 0.00742. The van der Waals surface area contributed by atoms with E-state index in [0.717, 1.165) is 24.1 Å². The maximum Gasteiger partial charge on any atom is 0.390 e. The first kappa shape index (κ1) is 24.5. The maximum atomic E-state index is 12.9. The number of nitriles is 2. The number of hydrogen-bond acceptors (Lipinski definition) is 5. The van der Waals surface area contributed by atoms with Gasteiger partial charge < -0.3 is 9.30 Å². The summed E-state index contributed by atoms with van der Waals surface area (Å²) in [7, 11) is 0. The fourth-order valence-corrected chi connectivity index (χ4v) is 4.13. The molecule has 0 unspecified atom stereocenters. The van der Waals surface area contributed by atoms with Gasteiger partial charge in [-0.2, -0.15) is 33.7 Å². The van der Waals surface area contributed by atoms with Crippen molar-refractivity contribution in [2.75, 3.05) is 0 Å². The lowest BCUT2D eigenvalue weighted by Crippen LogP contribution is -2.25. The molecule has 0 N–H and O–H groups in total. The van der Waals surface area contributed by atoms with Crippen molar-refractivity contribution < 1.29 is 17.9 Å². The van der Waals surface area contributed by atoms with Crippen molar-refractivity contribution in [3.8, 4) is 18.0 Å². The molecule has 0 spiro atoms. The van der Waals surface area contributed by atoms with E-state index in [0.29, 0.717) is 16.9 Å². The first-order valence-electron chi connectivity index (χ1n) is 10.5. The Morgan fingerprint density at radius 2 is 1.97 bits per heavy atom. The van der Waals surface area contributed by atoms with Crippen molar-refractivity contribution in [2.24, 2.45) is 9.98 Å². The van der Waals surface area contributed by atoms with Gasteiger partial charge in [0.2, 0.25) is 6.19 Å². The molecule has 6 nitrogen and oxygen atoms in total. The average Bonchev–Trinajstić information content (AvgIpc) is 3.11. The molecule has 1 aliphatic rings. The van der Waals surface area contributed by atoms with E-state index < -0.39 is 12.6 Å². The van der Waals surface area contributed by atoms with Crippen molar-refractivity contribution in [2.45, 2.75) is 70.7 Å². The van der Waals surface area contributed by atoms with Crippen LogP contribution in [0.15, 0.2) is 34.4 Å². The van der Waals surface area contributed by atoms with Crippen LogP contribution in [0.2, 0.25) is 0 Å². The highest BCUT2D eigenvalue weighted by Gasteiger charge is 2.28. The summed E-state index contributed by atoms with van der Waals surface area (Å²) in [6, 6.07) is 6.83. The Kier molecular flexibility index (Phi) is 7.28. The first-order chi connectivity index (χ1) is 15.5. The Morgan fingerprint density at radius 3 is 2.52 bits per heavy atom. The van der Waals surface area contributed by atoms with Crippen molar-refractivity contribution in [1.82, 2.24) is 4.57 Å². The summed E-state index contributed by atoms with van der Waals surface area (Å²) in [4.78, 5) is 9.46. The molecule has 3 rings (SSSR count). The average molecular weight is 476 g/mol. The SMILES string of the molecule is CC(C)(C)c1cn(CCC(F)(F)F)/c(=N/C(=NC#N)c2cc(C#N)ccc2OC2CCC2)s1. The zero-order chi connectivity index (χ0) is 24.2. The van der Waals surface area contributed by atoms with Crippen molar-refractivity contribution in [1.29, 1.82) is 10.5 Å². The molecule has 2 aromatic rings. The highest BCUT2D eigenvalue weighted by atomic mass is 32.1. The van der Waals surface area contributed by atoms with Crippen LogP contribution >= 0.6 is 11.3 Å². The van der Waals surface area contributed by atoms with Crippen LogP contribution in [0.4, 0.5) is 13.2 Å². The number of halogens is 3. The minimum atomic E-state index is -4.32. The number of benzene rings is 1. The van der Waals surface area contributed by atoms with E-state index in [9.17, 15) is 23.7 Å². The lowest BCUT2D eigenvalue weighted by molar-refractivity contribution is -0.136. The van der Waals surface area contributed by atoms with Crippen molar-refractivity contribution in [3.63, 3.8) is 0 Å². The molecule has 174 valence electrons. The van der Waals surface area contributed by atoms with Crippen LogP contribution in [0.5, 0.6) is 5.75 Å². The van der Waals surface area contributed by atoms with Gasteiger partial charge in [0, 0.05) is 17.6 Å². The van der Waals surface area contributed by atoms with Crippen LogP contribution < -0.4 is 9.54 Å². The Morgan fingerprint density at radius 1 is 1.24 bits per heavy atom. The fourth-order valence-electron chi connectivity index (χ4n) is 3.05. The minimum Gasteiger partial charge on any atom is -0.490 e. The smallest absolute Gasteiger partial charge is 0.390 e. The highest BCUT2D eigenvalue weighted by molar-refractivity contribution is 7.09. The van der Waals surface area contributed by atoms with E-state index in [2.05, 4.69) is 9.98 Å². The van der Waals surface area contributed by atoms with Gasteiger partial charge in [-0.15, -0.1) is 11.3 Å². The molecule has 1 heterocycles. The van der Waals surface area contributed by atoms with Gasteiger partial charge in [0.25, 0.3) is 0 Å². The largest absolute Gasteiger partial charge is 0.490 e. The van der Waals surface area contributed by atoms with Gasteiger partial charge in [-0.1, -0.05) is 20.8 Å². The summed E-state index contributed by atoms with van der Waals surface area (Å²) in [5.74, 6) is 0.429. The van der Waals surface area contributed by atoms with Crippen LogP contribution in [0.25, 0.3) is 0 Å². The number of amidine groups is 1. The molecule has 1 saturated carbocycles. The monoisotopic (exact) mass is 475 g/mol. The number of nitrogens with zero attached hydrogens (tertiary/aromatic N) is 5. The molecule has 0 atom stereocenters. The maximum absolute atomic E-state index is 12.9. The summed E-state index contributed by atoms with van der Waals surface area (Å²) in [5.41, 5.74) is 0.387. The molecular formula is C23H24F3N5OS. The van der Waals surface area contributed by atoms with Gasteiger partial charge in [0.15, 0.2) is 10.6 Å². The van der Waals surface area contributed by atoms with Crippen molar-refractivity contribution in [3.05, 3.63) is 45.2 Å². The first-order valence-corrected chi connectivity index (χ1v) is 11.3. The topological polar surface area (TPSA) is 86.5 Å². The number of thiazole rings is 1. The zero-order valence-corrected chi connectivity index (χ0v) is 19.4. The Balaban J connectivity index is 2.12. The molecule has 1 aliphatic carbocycles. The van der Waals surface area contributed by atoms with Crippen LogP contribution in [0.1, 0.15) is 62.5 Å². The second-order valence-corrected chi connectivity index (χ2v) is 9.84. The highest BCUT2D eigenvalue weighted by Crippen LogP contribution is 2.30. The second-order valence-electron chi connectivity index (χ2n) is 8.83. The van der Waals surface area contributed by atoms with Gasteiger partial charge in [0.1, 0.15) is 5.75 Å². The number of aromatic nitrogens is 1. The molecule has 0 bridgehead atoms. The van der Waals surface area contributed by atoms with Crippen LogP contribution in [-0.4, -0.2) is 22.7 Å². The lowest BCUT2D eigenvalue weighted by atomic mass is 9.95. The number of hydrogen-bond donors (Lipinski definition) is 0. The molecule has 1 fully saturated rings. The van der Waals surface area contributed by atoms with Gasteiger partial charge >= 0.3 is 6.18 Å². The summed E-state index contributed by atoms with van der Waals surface area (Å²) < 4.78 is 46.2. The zero-order valence-electron chi connectivity index (χ0n) is 18.6. The lowest BCUT2D eigenvalue weighted by Gasteiger charge is -2.27. The Labute approximate surface area is 194 Å². The van der Waals surface area contributed by atoms with Crippen LogP contribution in [0.3, 0.4) is 0 Å². The van der Waals surface area contributed by atoms with Crippen molar-refractivity contribution >= 4 is 17.2 Å². The summed E-state index contributed by atoms with van der Waals surface area (Å²) >= 11 is 1.24. The predicted molar refractivity (Wildman–Crippen MR) is 119 cm³/mol. The standard InChI is InChI=1S/C23H24F3N5OS/c1-22(2,3)19-13-31(10-9-23(24,25)26)21(33-19)30-20(29-14-28)17-11-15(12-27)7-8-18(17)32-16-5-4-6-16/h7-8,11,13,16H,4-6,9-10H2,1-3H3/b29-20?,30-21-. The third-order valence-electron chi connectivity index (χ3n) is 5.15. The molecule has 33 heavy (non-hydrogen) atoms. The Hall–Kier alpha value is -3.11. The molecule has 0 amide bonds. The normalized spacial score (nSPS) is 15.6. The van der Waals surface area contributed by atoms with E-state index in [1.54, 1.807) is 24.5 Å². The van der Waals surface area contributed by atoms with Gasteiger partial charge in [-0.25, -0.2) is 0 Å². The molecule has 1 aromatic carbocycles. The van der Waals surface area contributed by atoms with E-state index in [1.165, 1.54) is 22.0 Å². The number of rotatable bonds is 5. The molecular weight excluding hydrogens is 451 g/mol. The number of aryl methyl sites for hydroxylation is 1. The molecule has 1 aromatic heterocycles. The van der Waals surface area contributed by atoms with E-state index >= 15 is 0 Å². The van der Waals surface area contributed by atoms with Gasteiger partial charge in [0.05, 0.1) is 29.7 Å². The fraction of sp³-hybridized carbons (Fsp3) is 0.478. The number of aliphatic imine (C=N–C) groups is 1. The summed E-state index contributed by atoms with van der Waals surface area (Å²) in [6.07, 6.45) is 0.950. The quantitative estimate of drug-likeness (QED) is 0.328. The van der Waals surface area contributed by atoms with E-state index in [1.807, 2.05) is 26.8 Å². The van der Waals surface area contributed by atoms with Gasteiger partial charge in [-0.3, -0.25) is 0 Å². The third-order valence-corrected chi connectivity index (χ3v) is 6.59. The van der Waals surface area contributed by atoms with E-state index in [4.69, 9.17) is 4.74 Å². The third kappa shape index (κ3) is 6.45. The van der Waals surface area contributed by atoms with Gasteiger partial charge in [-0.05, 0) is 42.9 Å². The molecule has 0 saturated heterocycles. The summed E-state index contributed by atoms with van der Waals surface area (Å²) in [5, 5.41) is 18.6. The summed E-state index contributed by atoms with van der Waals surface area (Å²) in [6.45, 7) is 5.57. The van der Waals surface area contributed by atoms with Crippen LogP contribution in [0, 0.1) is 22.8 Å². The molecule has 10 heteroatoms. The Bertz CT molecular complexity index is 1180. The van der Waals surface area contributed by atoms with E-state index in [-0.39, 0.29) is 28.7 Å². The molecule has 0 radical (unpaired) electrons. The second kappa shape index (κ2) is 9.80. The number of ether oxygens (including phenoxy) is 1.